The van der Waals surface area contributed by atoms with Crippen LogP contribution in [0.15, 0.2) is 66.3 Å². The number of anilines is 1. The molecule has 0 atom stereocenters. The summed E-state index contributed by atoms with van der Waals surface area (Å²) >= 11 is 0. The van der Waals surface area contributed by atoms with Gasteiger partial charge in [0.05, 0.1) is 18.5 Å². The van der Waals surface area contributed by atoms with E-state index < -0.39 is 10.0 Å². The SMILES string of the molecule is CCCCCCCCCCCCCCCCn1cc[n+](C)c1.Nc1ccc(S(=O)(=O)[N-]c2ncccn2)cc1. The van der Waals surface area contributed by atoms with Gasteiger partial charge in [0.15, 0.2) is 0 Å². The summed E-state index contributed by atoms with van der Waals surface area (Å²) in [6.07, 6.45) is 29.4. The smallest absolute Gasteiger partial charge is 0.243 e. The second-order valence-corrected chi connectivity index (χ2v) is 11.7. The molecular weight excluding hydrogens is 508 g/mol. The maximum Gasteiger partial charge on any atom is 0.243 e. The summed E-state index contributed by atoms with van der Waals surface area (Å²) in [7, 11) is -1.70. The van der Waals surface area contributed by atoms with Crippen LogP contribution in [0.3, 0.4) is 0 Å². The number of rotatable bonds is 18. The highest BCUT2D eigenvalue weighted by molar-refractivity contribution is 7.94. The van der Waals surface area contributed by atoms with Gasteiger partial charge in [-0.1, -0.05) is 90.0 Å². The van der Waals surface area contributed by atoms with Crippen LogP contribution >= 0.6 is 0 Å². The average Bonchev–Trinajstić information content (AvgIpc) is 3.34. The zero-order chi connectivity index (χ0) is 28.2. The Labute approximate surface area is 236 Å². The molecule has 2 N–H and O–H groups in total. The Kier molecular flexibility index (Phi) is 15.9. The molecule has 0 spiro atoms. The number of aromatic nitrogens is 4. The summed E-state index contributed by atoms with van der Waals surface area (Å²) in [5, 5.41) is 0. The van der Waals surface area contributed by atoms with Gasteiger partial charge >= 0.3 is 0 Å². The minimum atomic E-state index is -3.79. The molecule has 3 aromatic rings. The predicted octanol–water partition coefficient (Wildman–Crippen LogP) is 7.25. The quantitative estimate of drug-likeness (QED) is 0.101. The monoisotopic (exact) mass is 556 g/mol. The Hall–Kier alpha value is -2.94. The van der Waals surface area contributed by atoms with E-state index in [9.17, 15) is 8.42 Å². The number of hydrogen-bond donors (Lipinski definition) is 1. The lowest BCUT2D eigenvalue weighted by Crippen LogP contribution is -2.23. The normalized spacial score (nSPS) is 11.1. The molecule has 3 rings (SSSR count). The molecule has 2 aromatic heterocycles. The Bertz CT molecular complexity index is 1120. The molecule has 0 aliphatic rings. The van der Waals surface area contributed by atoms with Crippen molar-refractivity contribution in [3.8, 4) is 0 Å². The van der Waals surface area contributed by atoms with E-state index in [0.29, 0.717) is 5.69 Å². The van der Waals surface area contributed by atoms with E-state index in [1.54, 1.807) is 6.07 Å². The number of unbranched alkanes of at least 4 members (excludes halogenated alkanes) is 13. The van der Waals surface area contributed by atoms with Gasteiger partial charge < -0.3 is 15.7 Å². The summed E-state index contributed by atoms with van der Waals surface area (Å²) in [5.41, 5.74) is 5.96. The molecular formula is C30H48N6O2S. The number of nitrogens with two attached hydrogens (primary N) is 1. The molecule has 0 unspecified atom stereocenters. The summed E-state index contributed by atoms with van der Waals surface area (Å²) < 4.78 is 31.6. The molecule has 216 valence electrons. The van der Waals surface area contributed by atoms with E-state index in [1.165, 1.54) is 133 Å². The molecule has 9 heteroatoms. The summed E-state index contributed by atoms with van der Waals surface area (Å²) in [4.78, 5) is 7.51. The van der Waals surface area contributed by atoms with Crippen molar-refractivity contribution in [2.75, 3.05) is 5.73 Å². The van der Waals surface area contributed by atoms with Crippen LogP contribution in [-0.4, -0.2) is 23.0 Å². The Morgan fingerprint density at radius 3 is 1.82 bits per heavy atom. The fourth-order valence-corrected chi connectivity index (χ4v) is 5.16. The van der Waals surface area contributed by atoms with Gasteiger partial charge in [-0.3, -0.25) is 4.72 Å². The molecule has 8 nitrogen and oxygen atoms in total. The third-order valence-electron chi connectivity index (χ3n) is 6.53. The number of imidazole rings is 1. The predicted molar refractivity (Wildman–Crippen MR) is 159 cm³/mol. The first-order valence-corrected chi connectivity index (χ1v) is 16.0. The van der Waals surface area contributed by atoms with Crippen molar-refractivity contribution in [3.63, 3.8) is 0 Å². The van der Waals surface area contributed by atoms with Crippen LogP contribution in [-0.2, 0) is 23.6 Å². The largest absolute Gasteiger partial charge is 0.399 e. The Balaban J connectivity index is 0.000000282. The van der Waals surface area contributed by atoms with Crippen molar-refractivity contribution >= 4 is 21.7 Å². The molecule has 1 aromatic carbocycles. The Morgan fingerprint density at radius 2 is 1.33 bits per heavy atom. The van der Waals surface area contributed by atoms with Crippen LogP contribution in [0.4, 0.5) is 11.6 Å². The van der Waals surface area contributed by atoms with Crippen molar-refractivity contribution in [2.45, 2.75) is 108 Å². The first-order chi connectivity index (χ1) is 18.9. The Morgan fingerprint density at radius 1 is 0.821 bits per heavy atom. The lowest BCUT2D eigenvalue weighted by Gasteiger charge is -2.11. The van der Waals surface area contributed by atoms with Gasteiger partial charge in [0.2, 0.25) is 16.4 Å². The topological polar surface area (TPSA) is 109 Å². The van der Waals surface area contributed by atoms with E-state index in [-0.39, 0.29) is 10.8 Å². The van der Waals surface area contributed by atoms with Crippen LogP contribution in [0, 0.1) is 0 Å². The molecule has 0 aliphatic carbocycles. The van der Waals surface area contributed by atoms with Gasteiger partial charge in [-0.2, -0.15) is 0 Å². The lowest BCUT2D eigenvalue weighted by molar-refractivity contribution is -0.671. The maximum atomic E-state index is 11.8. The maximum absolute atomic E-state index is 11.8. The molecule has 0 saturated heterocycles. The highest BCUT2D eigenvalue weighted by atomic mass is 32.2. The molecule has 0 bridgehead atoms. The fraction of sp³-hybridized carbons (Fsp3) is 0.567. The van der Waals surface area contributed by atoms with E-state index in [0.717, 1.165) is 0 Å². The molecule has 0 amide bonds. The van der Waals surface area contributed by atoms with E-state index in [4.69, 9.17) is 5.73 Å². The van der Waals surface area contributed by atoms with Crippen LogP contribution in [0.2, 0.25) is 0 Å². The number of aryl methyl sites for hydroxylation is 2. The summed E-state index contributed by atoms with van der Waals surface area (Å²) in [6, 6.07) is 7.34. The average molecular weight is 557 g/mol. The summed E-state index contributed by atoms with van der Waals surface area (Å²) in [5.74, 6) is -0.0932. The summed E-state index contributed by atoms with van der Waals surface area (Å²) in [6.45, 7) is 3.47. The first kappa shape index (κ1) is 32.3. The van der Waals surface area contributed by atoms with Crippen molar-refractivity contribution in [2.24, 2.45) is 7.05 Å². The minimum absolute atomic E-state index is 0.0548. The second kappa shape index (κ2) is 19.2. The van der Waals surface area contributed by atoms with Crippen LogP contribution < -0.4 is 10.3 Å². The fourth-order valence-electron chi connectivity index (χ4n) is 4.26. The highest BCUT2D eigenvalue weighted by Gasteiger charge is 2.11. The third kappa shape index (κ3) is 14.7. The van der Waals surface area contributed by atoms with Crippen molar-refractivity contribution in [1.29, 1.82) is 0 Å². The van der Waals surface area contributed by atoms with Gasteiger partial charge in [-0.25, -0.2) is 17.6 Å². The van der Waals surface area contributed by atoms with Crippen LogP contribution in [0.25, 0.3) is 4.72 Å². The van der Waals surface area contributed by atoms with E-state index in [1.807, 2.05) is 0 Å². The highest BCUT2D eigenvalue weighted by Crippen LogP contribution is 2.24. The molecule has 0 radical (unpaired) electrons. The van der Waals surface area contributed by atoms with Gasteiger partial charge in [0.1, 0.15) is 12.4 Å². The van der Waals surface area contributed by atoms with Crippen molar-refractivity contribution in [3.05, 3.63) is 66.2 Å². The minimum Gasteiger partial charge on any atom is -0.399 e. The molecule has 0 aliphatic heterocycles. The number of sulfonamides is 1. The van der Waals surface area contributed by atoms with E-state index in [2.05, 4.69) is 56.5 Å². The van der Waals surface area contributed by atoms with Gasteiger partial charge in [0.25, 0.3) is 0 Å². The van der Waals surface area contributed by atoms with Crippen LogP contribution in [0.5, 0.6) is 0 Å². The zero-order valence-corrected chi connectivity index (χ0v) is 24.7. The van der Waals surface area contributed by atoms with Gasteiger partial charge in [-0.05, 0) is 49.5 Å². The molecule has 39 heavy (non-hydrogen) atoms. The standard InChI is InChI=1S/C20H39N2.C10H9N4O2S/c1-3-4-5-6-7-8-9-10-11-12-13-14-15-16-17-22-19-18-21(2)20-22;11-8-2-4-9(5-3-8)17(15,16)14-10-12-6-1-7-13-10/h18-20H,3-17H2,1-2H3;1-7H,11H2/q+1;-1. The van der Waals surface area contributed by atoms with E-state index >= 15 is 0 Å². The van der Waals surface area contributed by atoms with Crippen molar-refractivity contribution in [1.82, 2.24) is 14.5 Å². The number of benzene rings is 1. The first-order valence-electron chi connectivity index (χ1n) is 14.5. The lowest BCUT2D eigenvalue weighted by atomic mass is 10.0. The third-order valence-corrected chi connectivity index (χ3v) is 7.80. The molecule has 0 fully saturated rings. The number of nitrogens with zero attached hydrogens (tertiary/aromatic N) is 5. The number of nitrogen functional groups attached to an aromatic ring is 1. The number of hydrogen-bond acceptors (Lipinski definition) is 5. The molecule has 0 saturated carbocycles. The van der Waals surface area contributed by atoms with Gasteiger partial charge in [0, 0.05) is 11.6 Å². The molecule has 2 heterocycles. The second-order valence-electron chi connectivity index (χ2n) is 10.1. The van der Waals surface area contributed by atoms with Crippen molar-refractivity contribution < 1.29 is 13.0 Å². The van der Waals surface area contributed by atoms with Gasteiger partial charge in [-0.15, -0.1) is 0 Å². The zero-order valence-electron chi connectivity index (χ0n) is 23.9. The van der Waals surface area contributed by atoms with Crippen LogP contribution in [0.1, 0.15) is 96.8 Å².